The van der Waals surface area contributed by atoms with Gasteiger partial charge in [-0.15, -0.1) is 0 Å². The Kier molecular flexibility index (Phi) is 13.2. The molecule has 2 radical (unpaired) electrons. The van der Waals surface area contributed by atoms with Gasteiger partial charge in [0.15, 0.2) is 0 Å². The van der Waals surface area contributed by atoms with Gasteiger partial charge in [0, 0.05) is 23.1 Å². The Bertz CT molecular complexity index is 486. The molecule has 0 atom stereocenters. The molecule has 0 heterocycles. The zero-order valence-corrected chi connectivity index (χ0v) is 16.9. The van der Waals surface area contributed by atoms with Crippen LogP contribution < -0.4 is 0 Å². The summed E-state index contributed by atoms with van der Waals surface area (Å²) >= 11 is 0. The summed E-state index contributed by atoms with van der Waals surface area (Å²) in [6.45, 7) is 4.82. The molecule has 3 nitrogen and oxygen atoms in total. The van der Waals surface area contributed by atoms with E-state index in [1.165, 1.54) is 32.1 Å². The van der Waals surface area contributed by atoms with Crippen LogP contribution in [0.25, 0.3) is 0 Å². The van der Waals surface area contributed by atoms with Gasteiger partial charge in [-0.3, -0.25) is 4.18 Å². The lowest BCUT2D eigenvalue weighted by Crippen LogP contribution is -2.07. The van der Waals surface area contributed by atoms with Crippen LogP contribution in [0.1, 0.15) is 65.2 Å². The lowest BCUT2D eigenvalue weighted by atomic mass is 10.0. The summed E-state index contributed by atoms with van der Waals surface area (Å²) in [6, 6.07) is 8.32. The van der Waals surface area contributed by atoms with Gasteiger partial charge < -0.3 is 0 Å². The Morgan fingerprint density at radius 2 is 1.39 bits per heavy atom. The third-order valence-corrected chi connectivity index (χ3v) is 5.02. The molecule has 0 fully saturated rings. The average Bonchev–Trinajstić information content (AvgIpc) is 2.49. The first-order valence-electron chi connectivity index (χ1n) is 8.47. The van der Waals surface area contributed by atoms with E-state index in [2.05, 4.69) is 13.8 Å². The summed E-state index contributed by atoms with van der Waals surface area (Å²) in [7, 11) is -3.57. The fourth-order valence-electron chi connectivity index (χ4n) is 2.36. The molecule has 5 heteroatoms. The van der Waals surface area contributed by atoms with E-state index in [9.17, 15) is 8.42 Å². The summed E-state index contributed by atoms with van der Waals surface area (Å²) in [5.41, 5.74) is 0. The fraction of sp³-hybridized carbons (Fsp3) is 0.667. The zero-order chi connectivity index (χ0) is 16.3. The summed E-state index contributed by atoms with van der Waals surface area (Å²) in [4.78, 5) is 0.236. The van der Waals surface area contributed by atoms with Crippen molar-refractivity contribution in [1.82, 2.24) is 0 Å². The van der Waals surface area contributed by atoms with E-state index >= 15 is 0 Å². The number of hydrogen-bond donors (Lipinski definition) is 0. The van der Waals surface area contributed by atoms with Crippen LogP contribution in [0.4, 0.5) is 0 Å². The van der Waals surface area contributed by atoms with Crippen molar-refractivity contribution in [3.63, 3.8) is 0 Å². The molecule has 1 aromatic rings. The minimum Gasteiger partial charge on any atom is -0.266 e. The maximum atomic E-state index is 11.9. The molecule has 23 heavy (non-hydrogen) atoms. The zero-order valence-electron chi connectivity index (χ0n) is 14.7. The van der Waals surface area contributed by atoms with Gasteiger partial charge in [-0.1, -0.05) is 77.0 Å². The van der Waals surface area contributed by atoms with Crippen molar-refractivity contribution < 1.29 is 12.6 Å². The number of benzene rings is 1. The molecule has 0 N–H and O–H groups in total. The molecular formula is C18H30MgO3S. The number of hydrogen-bond acceptors (Lipinski definition) is 3. The minimum absolute atomic E-state index is 0. The summed E-state index contributed by atoms with van der Waals surface area (Å²) in [5, 5.41) is 0. The van der Waals surface area contributed by atoms with E-state index in [1.54, 1.807) is 30.3 Å². The van der Waals surface area contributed by atoms with E-state index in [1.807, 2.05) is 0 Å². The number of unbranched alkanes of at least 4 members (excludes halogenated alkanes) is 6. The third kappa shape index (κ3) is 11.1. The van der Waals surface area contributed by atoms with Crippen molar-refractivity contribution in [2.45, 2.75) is 70.1 Å². The first-order valence-corrected chi connectivity index (χ1v) is 9.87. The van der Waals surface area contributed by atoms with Crippen LogP contribution in [0, 0.1) is 5.92 Å². The normalized spacial score (nSPS) is 11.4. The first kappa shape index (κ1) is 22.9. The molecule has 0 spiro atoms. The first-order chi connectivity index (χ1) is 10.5. The molecule has 1 rings (SSSR count). The Morgan fingerprint density at radius 3 is 1.96 bits per heavy atom. The molecule has 0 aromatic heterocycles. The van der Waals surface area contributed by atoms with E-state index in [0.29, 0.717) is 0 Å². The van der Waals surface area contributed by atoms with Gasteiger partial charge in [-0.25, -0.2) is 0 Å². The van der Waals surface area contributed by atoms with Crippen LogP contribution in [0.2, 0.25) is 0 Å². The van der Waals surface area contributed by atoms with E-state index in [4.69, 9.17) is 4.18 Å². The van der Waals surface area contributed by atoms with Crippen LogP contribution in [0.15, 0.2) is 35.2 Å². The van der Waals surface area contributed by atoms with Crippen LogP contribution in [0.5, 0.6) is 0 Å². The monoisotopic (exact) mass is 350 g/mol. The maximum Gasteiger partial charge on any atom is 0.296 e. The van der Waals surface area contributed by atoms with Crippen LogP contribution in [-0.4, -0.2) is 38.1 Å². The van der Waals surface area contributed by atoms with Gasteiger partial charge in [0.1, 0.15) is 0 Å². The molecule has 0 aliphatic heterocycles. The summed E-state index contributed by atoms with van der Waals surface area (Å²) in [6.07, 6.45) is 9.50. The highest BCUT2D eigenvalue weighted by Crippen LogP contribution is 2.14. The molecule has 0 bridgehead atoms. The summed E-state index contributed by atoms with van der Waals surface area (Å²) < 4.78 is 28.8. The molecule has 128 valence electrons. The second kappa shape index (κ2) is 13.2. The highest BCUT2D eigenvalue weighted by molar-refractivity contribution is 7.86. The van der Waals surface area contributed by atoms with Gasteiger partial charge in [-0.05, 0) is 24.5 Å². The Balaban J connectivity index is 0.00000484. The molecule has 0 saturated heterocycles. The SMILES string of the molecule is CC(C)CCCCCCCCCOS(=O)(=O)c1ccccc1.[Mg]. The smallest absolute Gasteiger partial charge is 0.266 e. The van der Waals surface area contributed by atoms with Gasteiger partial charge in [-0.2, -0.15) is 8.42 Å². The molecule has 0 amide bonds. The van der Waals surface area contributed by atoms with E-state index in [-0.39, 0.29) is 34.6 Å². The van der Waals surface area contributed by atoms with Crippen LogP contribution in [-0.2, 0) is 14.3 Å². The molecule has 0 aliphatic carbocycles. The van der Waals surface area contributed by atoms with Gasteiger partial charge in [0.2, 0.25) is 0 Å². The van der Waals surface area contributed by atoms with E-state index in [0.717, 1.165) is 25.2 Å². The quantitative estimate of drug-likeness (QED) is 0.309. The molecule has 0 unspecified atom stereocenters. The third-order valence-electron chi connectivity index (χ3n) is 3.70. The number of rotatable bonds is 12. The highest BCUT2D eigenvalue weighted by atomic mass is 32.2. The van der Waals surface area contributed by atoms with E-state index < -0.39 is 10.1 Å². The predicted molar refractivity (Wildman–Crippen MR) is 97.1 cm³/mol. The minimum atomic E-state index is -3.57. The van der Waals surface area contributed by atoms with Crippen molar-refractivity contribution in [2.75, 3.05) is 6.61 Å². The topological polar surface area (TPSA) is 43.4 Å². The van der Waals surface area contributed by atoms with Gasteiger partial charge in [0.25, 0.3) is 10.1 Å². The lowest BCUT2D eigenvalue weighted by Gasteiger charge is -2.06. The van der Waals surface area contributed by atoms with Gasteiger partial charge in [0.05, 0.1) is 11.5 Å². The maximum absolute atomic E-state index is 11.9. The molecule has 1 aromatic carbocycles. The largest absolute Gasteiger partial charge is 0.296 e. The second-order valence-electron chi connectivity index (χ2n) is 6.25. The molecular weight excluding hydrogens is 321 g/mol. The van der Waals surface area contributed by atoms with Crippen LogP contribution >= 0.6 is 0 Å². The Hall–Kier alpha value is -0.104. The van der Waals surface area contributed by atoms with Crippen LogP contribution in [0.3, 0.4) is 0 Å². The second-order valence-corrected chi connectivity index (χ2v) is 7.86. The lowest BCUT2D eigenvalue weighted by molar-refractivity contribution is 0.306. The highest BCUT2D eigenvalue weighted by Gasteiger charge is 2.13. The van der Waals surface area contributed by atoms with Crippen molar-refractivity contribution in [1.29, 1.82) is 0 Å². The standard InChI is InChI=1S/C18H30O3S.Mg/c1-17(2)13-9-6-4-3-5-7-12-16-21-22(19,20)18-14-10-8-11-15-18;/h8,10-11,14-15,17H,3-7,9,12-13,16H2,1-2H3;. The fourth-order valence-corrected chi connectivity index (χ4v) is 3.33. The Morgan fingerprint density at radius 1 is 0.870 bits per heavy atom. The average molecular weight is 351 g/mol. The molecule has 0 aliphatic rings. The summed E-state index contributed by atoms with van der Waals surface area (Å²) in [5.74, 6) is 0.809. The predicted octanol–water partition coefficient (Wildman–Crippen LogP) is 4.79. The molecule has 0 saturated carbocycles. The van der Waals surface area contributed by atoms with Crippen molar-refractivity contribution in [2.24, 2.45) is 5.92 Å². The van der Waals surface area contributed by atoms with Crippen molar-refractivity contribution in [3.05, 3.63) is 30.3 Å². The van der Waals surface area contributed by atoms with Crippen molar-refractivity contribution in [3.8, 4) is 0 Å². The van der Waals surface area contributed by atoms with Gasteiger partial charge >= 0.3 is 0 Å². The van der Waals surface area contributed by atoms with Crippen molar-refractivity contribution >= 4 is 33.2 Å². The Labute approximate surface area is 158 Å².